The van der Waals surface area contributed by atoms with Crippen molar-refractivity contribution >= 4 is 35.8 Å². The predicted octanol–water partition coefficient (Wildman–Crippen LogP) is -9.44. The van der Waals surface area contributed by atoms with Crippen LogP contribution < -0.4 is 51.1 Å². The normalized spacial score (nSPS) is 9.93. The Morgan fingerprint density at radius 1 is 0.300 bits per heavy atom. The Balaban J connectivity index is -0.0000000409. The minimum atomic E-state index is -1.75. The van der Waals surface area contributed by atoms with E-state index >= 15 is 0 Å². The van der Waals surface area contributed by atoms with Crippen molar-refractivity contribution in [2.24, 2.45) is 32.5 Å². The van der Waals surface area contributed by atoms with E-state index in [0.717, 1.165) is 0 Å². The van der Waals surface area contributed by atoms with E-state index in [1.165, 1.54) is 0 Å². The molecule has 0 saturated carbocycles. The third kappa shape index (κ3) is 136. The van der Waals surface area contributed by atoms with Gasteiger partial charge in [-0.1, -0.05) is 125 Å². The molecular weight excluding hydrogens is 1630 g/mol. The maximum Gasteiger partial charge on any atom is 3.00 e. The van der Waals surface area contributed by atoms with Crippen LogP contribution in [0.2, 0.25) is 0 Å². The summed E-state index contributed by atoms with van der Waals surface area (Å²) < 4.78 is 0. The molecule has 0 saturated heterocycles. The molecule has 0 aliphatic rings. The quantitative estimate of drug-likeness (QED) is 0.0444. The molecule has 0 unspecified atom stereocenters. The first-order chi connectivity index (χ1) is 36.7. The molecule has 40 heteroatoms. The van der Waals surface area contributed by atoms with Crippen molar-refractivity contribution in [3.05, 3.63) is 30.6 Å². The summed E-state index contributed by atoms with van der Waals surface area (Å²) >= 11 is 0. The summed E-state index contributed by atoms with van der Waals surface area (Å²) in [4.78, 5) is 83.4. The van der Waals surface area contributed by atoms with Gasteiger partial charge in [-0.05, 0) is 26.2 Å². The van der Waals surface area contributed by atoms with Crippen LogP contribution >= 0.6 is 0 Å². The van der Waals surface area contributed by atoms with Gasteiger partial charge >= 0.3 is 110 Å². The molecule has 0 amide bonds. The average Bonchev–Trinajstić information content (AvgIpc) is 3.27. The second-order valence-electron chi connectivity index (χ2n) is 22.7. The van der Waals surface area contributed by atoms with Crippen LogP contribution in [0, 0.1) is 146 Å². The van der Waals surface area contributed by atoms with Crippen LogP contribution in [-0.2, 0) is 108 Å². The fraction of sp³-hybridized carbons (Fsp3) is 0.880. The van der Waals surface area contributed by atoms with Crippen LogP contribution in [0.3, 0.4) is 0 Å². The first-order valence-corrected chi connectivity index (χ1v) is 25.3. The topological polar surface area (TPSA) is 616 Å². The molecule has 0 heterocycles. The fourth-order valence-electron chi connectivity index (χ4n) is 2.99. The Labute approximate surface area is 640 Å². The number of hydrogen-bond donors (Lipinski definition) is 4. The number of carbonyl (C=O) groups is 6. The van der Waals surface area contributed by atoms with Crippen molar-refractivity contribution in [2.45, 2.75) is 125 Å². The van der Waals surface area contributed by atoms with E-state index in [9.17, 15) is 79.8 Å². The van der Waals surface area contributed by atoms with Crippen LogP contribution in [0.4, 0.5) is 0 Å². The first kappa shape index (κ1) is 137. The molecule has 0 aromatic rings. The van der Waals surface area contributed by atoms with Gasteiger partial charge in [0.15, 0.2) is 0 Å². The standard InChI is InChI=1S/2C10H22N2O4.6C5H10O2.4Mn.2NO3.2O.2Pr/c2*13-7-3-11(4-8-14)1-2-12(5-9-15)6-10-16;6*1-5(2,3)4(6)7;;;;;2*2-1(3)4;;;;/h2*13,15H,1-10H2;6*1-3H3,(H,6,7);;;;;;;;;;/q2*-2;;;;;;;4*+3;2*-1;2*-2;;+3/p-6. The number of rotatable bonds is 22. The average molecular weight is 1730 g/mol. The summed E-state index contributed by atoms with van der Waals surface area (Å²) in [5, 5.41) is 166. The summed E-state index contributed by atoms with van der Waals surface area (Å²) in [5.41, 5.74) is -4.17. The number of aliphatic hydroxyl groups excluding tert-OH is 4. The first-order valence-electron chi connectivity index (χ1n) is 25.3. The van der Waals surface area contributed by atoms with Gasteiger partial charge in [0.2, 0.25) is 0 Å². The van der Waals surface area contributed by atoms with Crippen molar-refractivity contribution in [2.75, 3.05) is 131 Å². The van der Waals surface area contributed by atoms with Crippen LogP contribution in [0.1, 0.15) is 125 Å². The Morgan fingerprint density at radius 3 is 0.422 bits per heavy atom. The van der Waals surface area contributed by atoms with Gasteiger partial charge in [0, 0.05) is 162 Å². The van der Waals surface area contributed by atoms with Crippen molar-refractivity contribution in [3.8, 4) is 0 Å². The molecule has 531 valence electrons. The molecule has 0 aliphatic heterocycles. The number of carboxylic acids is 6. The van der Waals surface area contributed by atoms with Crippen molar-refractivity contribution in [3.63, 3.8) is 0 Å². The molecule has 0 bridgehead atoms. The minimum absolute atomic E-state index is 0. The van der Waals surface area contributed by atoms with Gasteiger partial charge in [0.25, 0.3) is 0 Å². The number of aliphatic hydroxyl groups is 4. The third-order valence-electron chi connectivity index (χ3n) is 8.43. The maximum atomic E-state index is 10.5. The molecule has 0 fully saturated rings. The maximum absolute atomic E-state index is 10.5. The molecule has 34 nitrogen and oxygen atoms in total. The van der Waals surface area contributed by atoms with E-state index in [2.05, 4.69) is 0 Å². The number of hydrogen-bond acceptors (Lipinski definition) is 30. The summed E-state index contributed by atoms with van der Waals surface area (Å²) in [7, 11) is 0. The smallest absolute Gasteiger partial charge is 2.00 e. The second kappa shape index (κ2) is 80.9. The third-order valence-corrected chi connectivity index (χ3v) is 8.43. The van der Waals surface area contributed by atoms with E-state index in [-0.39, 0.29) is 215 Å². The van der Waals surface area contributed by atoms with Gasteiger partial charge in [-0.15, -0.1) is 26.4 Å². The van der Waals surface area contributed by atoms with E-state index in [4.69, 9.17) is 51.1 Å². The zero-order chi connectivity index (χ0) is 68.1. The molecule has 0 rings (SSSR count). The largest absolute Gasteiger partial charge is 3.00 e. The van der Waals surface area contributed by atoms with Crippen LogP contribution in [0.25, 0.3) is 0 Å². The monoisotopic (exact) mass is 1730 g/mol. The van der Waals surface area contributed by atoms with Gasteiger partial charge in [0.1, 0.15) is 0 Å². The molecule has 0 aromatic carbocycles. The fourth-order valence-corrected chi connectivity index (χ4v) is 2.99. The van der Waals surface area contributed by atoms with Crippen molar-refractivity contribution in [1.29, 1.82) is 0 Å². The van der Waals surface area contributed by atoms with Gasteiger partial charge < -0.3 is 161 Å². The zero-order valence-corrected chi connectivity index (χ0v) is 67.2. The van der Waals surface area contributed by atoms with E-state index in [0.29, 0.717) is 78.5 Å². The molecule has 1 radical (unpaired) electrons. The summed E-state index contributed by atoms with van der Waals surface area (Å²) in [6, 6.07) is 0. The summed E-state index contributed by atoms with van der Waals surface area (Å²) in [5.74, 6) is -6.04. The molecular formula is C50H98Mn4N6O28Pr2-. The van der Waals surface area contributed by atoms with E-state index in [1.54, 1.807) is 125 Å². The molecule has 90 heavy (non-hydrogen) atoms. The number of carboxylic acid groups (broad SMARTS) is 6. The Morgan fingerprint density at radius 2 is 0.378 bits per heavy atom. The van der Waals surface area contributed by atoms with Crippen LogP contribution in [0.15, 0.2) is 0 Å². The Bertz CT molecular complexity index is 1350. The van der Waals surface area contributed by atoms with Gasteiger partial charge in [-0.25, -0.2) is 0 Å². The summed E-state index contributed by atoms with van der Waals surface area (Å²) in [6.45, 7) is 34.2. The summed E-state index contributed by atoms with van der Waals surface area (Å²) in [6.07, 6.45) is 0. The Kier molecular flexibility index (Phi) is 123. The van der Waals surface area contributed by atoms with E-state index in [1.807, 2.05) is 19.6 Å². The minimum Gasteiger partial charge on any atom is -2.00 e. The molecule has 4 N–H and O–H groups in total. The number of carbonyl (C=O) groups excluding carboxylic acids is 6. The van der Waals surface area contributed by atoms with E-state index < -0.39 is 78.5 Å². The number of aliphatic carboxylic acids is 6. The number of nitrogens with zero attached hydrogens (tertiary/aromatic N) is 6. The predicted molar refractivity (Wildman–Crippen MR) is 282 cm³/mol. The SMILES string of the molecule is CC(C)(C)C(=O)[O-].CC(C)(C)C(=O)[O-].CC(C)(C)C(=O)[O-].CC(C)(C)C(=O)[O-].CC(C)(C)C(=O)[O-].CC(C)(C)C(=O)[O-].O=[N+]([O-])[O-].O=[N+]([O-])[O-].[Mn+3].[Mn+3].[Mn+3].[Mn+3].[O-2].[O-2].[O-]CCN(CCO)CCN(CC[O-])CCO.[O-]CCN(CCO)CCN(CC[O-])CCO.[Pr+3].[Pr]. The van der Waals surface area contributed by atoms with Crippen LogP contribution in [-0.4, -0.2) is 217 Å². The molecule has 0 aromatic heterocycles. The second-order valence-corrected chi connectivity index (χ2v) is 22.7. The Hall–Kier alpha value is -0.535. The van der Waals surface area contributed by atoms with Gasteiger partial charge in [0.05, 0.1) is 36.6 Å². The van der Waals surface area contributed by atoms with Crippen LogP contribution in [0.5, 0.6) is 0 Å². The van der Waals surface area contributed by atoms with Gasteiger partial charge in [-0.2, -0.15) is 0 Å². The molecule has 0 atom stereocenters. The molecule has 0 spiro atoms. The van der Waals surface area contributed by atoms with Crippen molar-refractivity contribution in [1.82, 2.24) is 19.6 Å². The van der Waals surface area contributed by atoms with Crippen molar-refractivity contribution < 1.29 is 272 Å². The van der Waals surface area contributed by atoms with Gasteiger partial charge in [-0.3, -0.25) is 0 Å². The zero-order valence-electron chi connectivity index (χ0n) is 55.1. The molecule has 0 aliphatic carbocycles.